The fourth-order valence-corrected chi connectivity index (χ4v) is 1.97. The number of anilines is 1. The van der Waals surface area contributed by atoms with Crippen molar-refractivity contribution in [1.82, 2.24) is 10.2 Å². The first-order valence-electron chi connectivity index (χ1n) is 6.77. The van der Waals surface area contributed by atoms with E-state index < -0.39 is 6.10 Å². The van der Waals surface area contributed by atoms with Crippen LogP contribution in [0.1, 0.15) is 41.0 Å². The average molecular weight is 282 g/mol. The maximum Gasteiger partial charge on any atom is 0.167 e. The molecule has 0 saturated carbocycles. The molecule has 2 N–H and O–H groups in total. The topological polar surface area (TPSA) is 81.8 Å². The van der Waals surface area contributed by atoms with E-state index in [2.05, 4.69) is 21.6 Å². The zero-order valence-electron chi connectivity index (χ0n) is 12.4. The summed E-state index contributed by atoms with van der Waals surface area (Å²) < 4.78 is 0. The van der Waals surface area contributed by atoms with Crippen LogP contribution in [0, 0.1) is 25.2 Å². The van der Waals surface area contributed by atoms with Gasteiger partial charge in [-0.05, 0) is 37.5 Å². The number of nitrogens with zero attached hydrogens (tertiary/aromatic N) is 3. The van der Waals surface area contributed by atoms with Crippen molar-refractivity contribution in [3.05, 3.63) is 52.2 Å². The molecule has 0 unspecified atom stereocenters. The van der Waals surface area contributed by atoms with E-state index in [1.165, 1.54) is 0 Å². The molecule has 1 aromatic carbocycles. The van der Waals surface area contributed by atoms with Gasteiger partial charge in [-0.1, -0.05) is 24.3 Å². The molecule has 0 bridgehead atoms. The van der Waals surface area contributed by atoms with Crippen molar-refractivity contribution < 1.29 is 5.11 Å². The minimum atomic E-state index is -0.470. The van der Waals surface area contributed by atoms with Crippen LogP contribution in [0.2, 0.25) is 0 Å². The van der Waals surface area contributed by atoms with Gasteiger partial charge in [0.15, 0.2) is 5.82 Å². The lowest BCUT2D eigenvalue weighted by molar-refractivity contribution is 0.199. The second-order valence-corrected chi connectivity index (χ2v) is 5.02. The van der Waals surface area contributed by atoms with E-state index >= 15 is 0 Å². The molecule has 0 spiro atoms. The molecule has 0 fully saturated rings. The number of rotatable bonds is 4. The molecule has 0 aliphatic heterocycles. The molecule has 0 saturated heterocycles. The Kier molecular flexibility index (Phi) is 4.51. The van der Waals surface area contributed by atoms with Gasteiger partial charge in [0.2, 0.25) is 0 Å². The molecule has 2 aromatic rings. The maximum absolute atomic E-state index is 9.48. The Labute approximate surface area is 124 Å². The summed E-state index contributed by atoms with van der Waals surface area (Å²) in [6.07, 6.45) is -0.470. The Morgan fingerprint density at radius 2 is 1.90 bits per heavy atom. The van der Waals surface area contributed by atoms with E-state index in [1.807, 2.05) is 38.1 Å². The van der Waals surface area contributed by atoms with E-state index in [4.69, 9.17) is 0 Å². The second kappa shape index (κ2) is 6.33. The average Bonchev–Trinajstić information content (AvgIpc) is 2.49. The second-order valence-electron chi connectivity index (χ2n) is 5.02. The molecule has 5 nitrogen and oxygen atoms in total. The first-order valence-corrected chi connectivity index (χ1v) is 6.77. The molecule has 1 aromatic heterocycles. The summed E-state index contributed by atoms with van der Waals surface area (Å²) >= 11 is 0. The third-order valence-electron chi connectivity index (χ3n) is 3.49. The van der Waals surface area contributed by atoms with E-state index in [9.17, 15) is 10.4 Å². The number of nitriles is 1. The van der Waals surface area contributed by atoms with Gasteiger partial charge in [0.05, 0.1) is 11.8 Å². The zero-order chi connectivity index (χ0) is 15.4. The van der Waals surface area contributed by atoms with Crippen molar-refractivity contribution in [2.45, 2.75) is 33.4 Å². The molecule has 1 atom stereocenters. The van der Waals surface area contributed by atoms with Gasteiger partial charge in [-0.3, -0.25) is 0 Å². The molecule has 0 radical (unpaired) electrons. The summed E-state index contributed by atoms with van der Waals surface area (Å²) in [6.45, 7) is 5.98. The number of nitrogens with one attached hydrogen (secondary N) is 1. The zero-order valence-corrected chi connectivity index (χ0v) is 12.4. The fourth-order valence-electron chi connectivity index (χ4n) is 1.97. The van der Waals surface area contributed by atoms with Gasteiger partial charge in [-0.2, -0.15) is 10.4 Å². The van der Waals surface area contributed by atoms with Gasteiger partial charge in [0.1, 0.15) is 11.6 Å². The number of aliphatic hydroxyl groups excluding tert-OH is 1. The Balaban J connectivity index is 2.13. The smallest absolute Gasteiger partial charge is 0.167 e. The summed E-state index contributed by atoms with van der Waals surface area (Å²) in [4.78, 5) is 0. The highest BCUT2D eigenvalue weighted by atomic mass is 16.3. The predicted molar refractivity (Wildman–Crippen MR) is 80.6 cm³/mol. The number of aryl methyl sites for hydroxylation is 1. The van der Waals surface area contributed by atoms with Gasteiger partial charge in [0.25, 0.3) is 0 Å². The van der Waals surface area contributed by atoms with Crippen LogP contribution in [0.4, 0.5) is 5.82 Å². The number of benzene rings is 1. The van der Waals surface area contributed by atoms with E-state index in [0.717, 1.165) is 22.4 Å². The van der Waals surface area contributed by atoms with Crippen LogP contribution in [0.3, 0.4) is 0 Å². The Morgan fingerprint density at radius 3 is 2.48 bits per heavy atom. The molecular weight excluding hydrogens is 264 g/mol. The molecule has 21 heavy (non-hydrogen) atoms. The van der Waals surface area contributed by atoms with Crippen LogP contribution >= 0.6 is 0 Å². The first-order chi connectivity index (χ1) is 10.0. The summed E-state index contributed by atoms with van der Waals surface area (Å²) in [5, 5.41) is 29.9. The van der Waals surface area contributed by atoms with Gasteiger partial charge in [-0.25, -0.2) is 0 Å². The molecule has 108 valence electrons. The van der Waals surface area contributed by atoms with Crippen LogP contribution in [0.15, 0.2) is 24.3 Å². The van der Waals surface area contributed by atoms with Crippen molar-refractivity contribution in [2.24, 2.45) is 0 Å². The maximum atomic E-state index is 9.48. The largest absolute Gasteiger partial charge is 0.389 e. The fraction of sp³-hybridized carbons (Fsp3) is 0.312. The third-order valence-corrected chi connectivity index (χ3v) is 3.49. The van der Waals surface area contributed by atoms with Crippen molar-refractivity contribution in [1.29, 1.82) is 5.26 Å². The summed E-state index contributed by atoms with van der Waals surface area (Å²) in [6, 6.07) is 9.82. The molecule has 0 aliphatic carbocycles. The van der Waals surface area contributed by atoms with E-state index in [0.29, 0.717) is 17.9 Å². The predicted octanol–water partition coefficient (Wildman–Crippen LogP) is 2.63. The monoisotopic (exact) mass is 282 g/mol. The van der Waals surface area contributed by atoms with Gasteiger partial charge < -0.3 is 10.4 Å². The van der Waals surface area contributed by atoms with Gasteiger partial charge in [0, 0.05) is 6.54 Å². The van der Waals surface area contributed by atoms with Crippen molar-refractivity contribution in [3.63, 3.8) is 0 Å². The number of aliphatic hydroxyl groups is 1. The van der Waals surface area contributed by atoms with Crippen molar-refractivity contribution in [2.75, 3.05) is 5.32 Å². The molecule has 0 amide bonds. The number of hydrogen-bond donors (Lipinski definition) is 2. The molecular formula is C16H18N4O. The highest BCUT2D eigenvalue weighted by Gasteiger charge is 2.10. The number of aromatic nitrogens is 2. The molecule has 0 aliphatic rings. The third kappa shape index (κ3) is 3.36. The van der Waals surface area contributed by atoms with Crippen LogP contribution < -0.4 is 5.32 Å². The minimum Gasteiger partial charge on any atom is -0.389 e. The van der Waals surface area contributed by atoms with Crippen LogP contribution in [0.25, 0.3) is 0 Å². The lowest BCUT2D eigenvalue weighted by Gasteiger charge is -2.10. The molecule has 2 rings (SSSR count). The van der Waals surface area contributed by atoms with E-state index in [1.54, 1.807) is 6.92 Å². The lowest BCUT2D eigenvalue weighted by Crippen LogP contribution is -2.07. The van der Waals surface area contributed by atoms with Crippen LogP contribution in [-0.2, 0) is 6.54 Å². The summed E-state index contributed by atoms with van der Waals surface area (Å²) in [5.74, 6) is 0.500. The van der Waals surface area contributed by atoms with Gasteiger partial charge in [-0.15, -0.1) is 5.10 Å². The first kappa shape index (κ1) is 14.9. The Bertz CT molecular complexity index is 672. The Hall–Kier alpha value is -2.45. The lowest BCUT2D eigenvalue weighted by atomic mass is 10.1. The quantitative estimate of drug-likeness (QED) is 0.900. The highest BCUT2D eigenvalue weighted by Crippen LogP contribution is 2.18. The summed E-state index contributed by atoms with van der Waals surface area (Å²) in [5.41, 5.74) is 4.06. The van der Waals surface area contributed by atoms with Crippen LogP contribution in [0.5, 0.6) is 0 Å². The number of hydrogen-bond acceptors (Lipinski definition) is 5. The van der Waals surface area contributed by atoms with E-state index in [-0.39, 0.29) is 0 Å². The highest BCUT2D eigenvalue weighted by molar-refractivity contribution is 5.55. The Morgan fingerprint density at radius 1 is 1.24 bits per heavy atom. The molecule has 1 heterocycles. The van der Waals surface area contributed by atoms with Gasteiger partial charge >= 0.3 is 0 Å². The normalized spacial score (nSPS) is 11.8. The standard InChI is InChI=1S/C16H18N4O/c1-10-11(2)19-20-16(15(10)8-17)18-9-13-4-6-14(7-5-13)12(3)21/h4-7,12,21H,9H2,1-3H3,(H,18,20)/t12-/m1/s1. The molecule has 5 heteroatoms. The van der Waals surface area contributed by atoms with Crippen LogP contribution in [-0.4, -0.2) is 15.3 Å². The van der Waals surface area contributed by atoms with Crippen molar-refractivity contribution in [3.8, 4) is 6.07 Å². The SMILES string of the molecule is Cc1nnc(NCc2ccc([C@@H](C)O)cc2)c(C#N)c1C. The summed E-state index contributed by atoms with van der Waals surface area (Å²) in [7, 11) is 0. The minimum absolute atomic E-state index is 0.470. The van der Waals surface area contributed by atoms with Crippen molar-refractivity contribution >= 4 is 5.82 Å².